The Balaban J connectivity index is 3.36. The minimum Gasteiger partial charge on any atom is -0.490 e. The number of methoxy groups -OCH3 is 1. The summed E-state index contributed by atoms with van der Waals surface area (Å²) in [7, 11) is 1.38. The van der Waals surface area contributed by atoms with Crippen LogP contribution < -0.4 is 10.5 Å². The Hall–Kier alpha value is -1.33. The zero-order valence-corrected chi connectivity index (χ0v) is 8.95. The molecule has 0 aliphatic carbocycles. The molecule has 0 heterocycles. The maximum atomic E-state index is 10.9. The van der Waals surface area contributed by atoms with Crippen molar-refractivity contribution in [3.05, 3.63) is 32.8 Å². The lowest BCUT2D eigenvalue weighted by Gasteiger charge is -2.07. The molecule has 15 heavy (non-hydrogen) atoms. The van der Waals surface area contributed by atoms with E-state index >= 15 is 0 Å². The Morgan fingerprint density at radius 3 is 2.73 bits per heavy atom. The van der Waals surface area contributed by atoms with Crippen LogP contribution in [0.2, 0.25) is 5.02 Å². The molecule has 0 amide bonds. The molecule has 0 spiro atoms. The largest absolute Gasteiger partial charge is 0.490 e. The smallest absolute Gasteiger partial charge is 0.315 e. The SMILES string of the molecule is COc1ccc(Cl)c(CCN)c1[N+](=O)[O-]. The lowest BCUT2D eigenvalue weighted by molar-refractivity contribution is -0.386. The van der Waals surface area contributed by atoms with Crippen molar-refractivity contribution in [2.75, 3.05) is 13.7 Å². The van der Waals surface area contributed by atoms with Gasteiger partial charge in [-0.25, -0.2) is 0 Å². The van der Waals surface area contributed by atoms with E-state index in [1.54, 1.807) is 6.07 Å². The van der Waals surface area contributed by atoms with Crippen LogP contribution in [0.25, 0.3) is 0 Å². The number of benzene rings is 1. The average molecular weight is 231 g/mol. The quantitative estimate of drug-likeness (QED) is 0.631. The highest BCUT2D eigenvalue weighted by Crippen LogP contribution is 2.35. The first-order valence-corrected chi connectivity index (χ1v) is 4.69. The molecule has 0 atom stereocenters. The van der Waals surface area contributed by atoms with Crippen LogP contribution >= 0.6 is 11.6 Å². The lowest BCUT2D eigenvalue weighted by Crippen LogP contribution is -2.07. The second kappa shape index (κ2) is 4.95. The summed E-state index contributed by atoms with van der Waals surface area (Å²) in [5.74, 6) is 0.202. The van der Waals surface area contributed by atoms with E-state index in [0.717, 1.165) is 0 Å². The number of halogens is 1. The van der Waals surface area contributed by atoms with Gasteiger partial charge in [-0.3, -0.25) is 10.1 Å². The highest BCUT2D eigenvalue weighted by Gasteiger charge is 2.22. The molecule has 1 rings (SSSR count). The second-order valence-corrected chi connectivity index (χ2v) is 3.28. The van der Waals surface area contributed by atoms with Gasteiger partial charge in [0.25, 0.3) is 0 Å². The van der Waals surface area contributed by atoms with E-state index in [1.165, 1.54) is 13.2 Å². The van der Waals surface area contributed by atoms with E-state index in [2.05, 4.69) is 0 Å². The van der Waals surface area contributed by atoms with Gasteiger partial charge in [-0.2, -0.15) is 0 Å². The number of nitro groups is 1. The third kappa shape index (κ3) is 2.37. The first kappa shape index (κ1) is 11.7. The van der Waals surface area contributed by atoms with Gasteiger partial charge in [0.2, 0.25) is 0 Å². The van der Waals surface area contributed by atoms with Crippen LogP contribution in [-0.4, -0.2) is 18.6 Å². The Morgan fingerprint density at radius 2 is 2.27 bits per heavy atom. The molecular weight excluding hydrogens is 220 g/mol. The van der Waals surface area contributed by atoms with Crippen molar-refractivity contribution in [2.45, 2.75) is 6.42 Å². The highest BCUT2D eigenvalue weighted by atomic mass is 35.5. The van der Waals surface area contributed by atoms with Crippen LogP contribution in [0.5, 0.6) is 5.75 Å². The number of nitro benzene ring substituents is 1. The van der Waals surface area contributed by atoms with Crippen LogP contribution in [-0.2, 0) is 6.42 Å². The maximum Gasteiger partial charge on any atom is 0.315 e. The maximum absolute atomic E-state index is 10.9. The summed E-state index contributed by atoms with van der Waals surface area (Å²) in [6.45, 7) is 0.299. The van der Waals surface area contributed by atoms with Crippen molar-refractivity contribution in [1.82, 2.24) is 0 Å². The minimum atomic E-state index is -0.504. The van der Waals surface area contributed by atoms with Gasteiger partial charge in [-0.05, 0) is 25.1 Å². The second-order valence-electron chi connectivity index (χ2n) is 2.87. The third-order valence-corrected chi connectivity index (χ3v) is 2.34. The molecule has 0 bridgehead atoms. The molecule has 6 heteroatoms. The van der Waals surface area contributed by atoms with E-state index in [0.29, 0.717) is 23.6 Å². The van der Waals surface area contributed by atoms with Gasteiger partial charge in [0.15, 0.2) is 5.75 Å². The van der Waals surface area contributed by atoms with Gasteiger partial charge < -0.3 is 10.5 Å². The van der Waals surface area contributed by atoms with Gasteiger partial charge in [0.1, 0.15) is 0 Å². The van der Waals surface area contributed by atoms with Gasteiger partial charge in [0, 0.05) is 0 Å². The van der Waals surface area contributed by atoms with Crippen molar-refractivity contribution >= 4 is 17.3 Å². The van der Waals surface area contributed by atoms with Crippen LogP contribution in [0.3, 0.4) is 0 Å². The molecule has 1 aromatic rings. The Morgan fingerprint density at radius 1 is 1.60 bits per heavy atom. The van der Waals surface area contributed by atoms with Crippen LogP contribution in [0.4, 0.5) is 5.69 Å². The first-order valence-electron chi connectivity index (χ1n) is 4.31. The van der Waals surface area contributed by atoms with Crippen molar-refractivity contribution in [3.63, 3.8) is 0 Å². The van der Waals surface area contributed by atoms with Gasteiger partial charge in [-0.15, -0.1) is 0 Å². The molecule has 0 aromatic heterocycles. The van der Waals surface area contributed by atoms with Gasteiger partial charge in [-0.1, -0.05) is 11.6 Å². The summed E-state index contributed by atoms with van der Waals surface area (Å²) in [6.07, 6.45) is 0.354. The molecule has 0 aliphatic rings. The molecule has 0 fully saturated rings. The van der Waals surface area contributed by atoms with Crippen molar-refractivity contribution < 1.29 is 9.66 Å². The fourth-order valence-corrected chi connectivity index (χ4v) is 1.58. The summed E-state index contributed by atoms with van der Waals surface area (Å²) < 4.78 is 4.91. The normalized spacial score (nSPS) is 10.1. The molecule has 2 N–H and O–H groups in total. The number of hydrogen-bond acceptors (Lipinski definition) is 4. The van der Waals surface area contributed by atoms with E-state index < -0.39 is 4.92 Å². The molecule has 5 nitrogen and oxygen atoms in total. The number of rotatable bonds is 4. The molecule has 0 unspecified atom stereocenters. The predicted octanol–water partition coefficient (Wildman–Crippen LogP) is 1.76. The van der Waals surface area contributed by atoms with Crippen molar-refractivity contribution in [1.29, 1.82) is 0 Å². The van der Waals surface area contributed by atoms with Crippen molar-refractivity contribution in [2.24, 2.45) is 5.73 Å². The van der Waals surface area contributed by atoms with Crippen LogP contribution in [0, 0.1) is 10.1 Å². The van der Waals surface area contributed by atoms with E-state index in [-0.39, 0.29) is 11.4 Å². The molecule has 0 saturated carbocycles. The zero-order valence-electron chi connectivity index (χ0n) is 8.20. The zero-order chi connectivity index (χ0) is 11.4. The summed E-state index contributed by atoms with van der Waals surface area (Å²) >= 11 is 5.87. The van der Waals surface area contributed by atoms with E-state index in [1.807, 2.05) is 0 Å². The number of hydrogen-bond donors (Lipinski definition) is 1. The highest BCUT2D eigenvalue weighted by molar-refractivity contribution is 6.31. The molecule has 1 aromatic carbocycles. The number of nitrogens with zero attached hydrogens (tertiary/aromatic N) is 1. The fourth-order valence-electron chi connectivity index (χ4n) is 1.34. The minimum absolute atomic E-state index is 0.101. The van der Waals surface area contributed by atoms with E-state index in [4.69, 9.17) is 22.1 Å². The monoisotopic (exact) mass is 230 g/mol. The topological polar surface area (TPSA) is 78.4 Å². The lowest BCUT2D eigenvalue weighted by atomic mass is 10.1. The van der Waals surface area contributed by atoms with Crippen LogP contribution in [0.1, 0.15) is 5.56 Å². The third-order valence-electron chi connectivity index (χ3n) is 1.99. The summed E-state index contributed by atoms with van der Waals surface area (Å²) in [5.41, 5.74) is 5.69. The van der Waals surface area contributed by atoms with Gasteiger partial charge >= 0.3 is 5.69 Å². The van der Waals surface area contributed by atoms with Crippen molar-refractivity contribution in [3.8, 4) is 5.75 Å². The Kier molecular flexibility index (Phi) is 3.88. The fraction of sp³-hybridized carbons (Fsp3) is 0.333. The molecule has 0 saturated heterocycles. The van der Waals surface area contributed by atoms with Gasteiger partial charge in [0.05, 0.1) is 22.6 Å². The van der Waals surface area contributed by atoms with Crippen LogP contribution in [0.15, 0.2) is 12.1 Å². The van der Waals surface area contributed by atoms with E-state index in [9.17, 15) is 10.1 Å². The molecular formula is C9H11ClN2O3. The molecule has 82 valence electrons. The molecule has 0 radical (unpaired) electrons. The Labute approximate surface area is 91.9 Å². The summed E-state index contributed by atoms with van der Waals surface area (Å²) in [6, 6.07) is 3.04. The average Bonchev–Trinajstić information content (AvgIpc) is 2.20. The summed E-state index contributed by atoms with van der Waals surface area (Å²) in [4.78, 5) is 10.4. The summed E-state index contributed by atoms with van der Waals surface area (Å²) in [5, 5.41) is 11.2. The molecule has 0 aliphatic heterocycles. The number of nitrogens with two attached hydrogens (primary N) is 1. The predicted molar refractivity (Wildman–Crippen MR) is 57.4 cm³/mol. The standard InChI is InChI=1S/C9H11ClN2O3/c1-15-8-3-2-7(10)6(4-5-11)9(8)12(13)14/h2-3H,4-5,11H2,1H3. The number of ether oxygens (including phenoxy) is 1. The first-order chi connectivity index (χ1) is 7.11. The Bertz CT molecular complexity index is 382.